The van der Waals surface area contributed by atoms with Gasteiger partial charge in [0.05, 0.1) is 11.0 Å². The molecule has 5 heteroatoms. The molecule has 0 bridgehead atoms. The Kier molecular flexibility index (Phi) is 6.26. The van der Waals surface area contributed by atoms with Gasteiger partial charge >= 0.3 is 11.9 Å². The van der Waals surface area contributed by atoms with Crippen molar-refractivity contribution in [3.05, 3.63) is 23.3 Å². The molecular weight excluding hydrogens is 380 g/mol. The lowest BCUT2D eigenvalue weighted by atomic mass is 9.44. The third-order valence-corrected chi connectivity index (χ3v) is 8.57. The van der Waals surface area contributed by atoms with Crippen LogP contribution in [0.15, 0.2) is 23.3 Å². The van der Waals surface area contributed by atoms with Gasteiger partial charge in [-0.3, -0.25) is 4.79 Å². The van der Waals surface area contributed by atoms with Crippen molar-refractivity contribution in [2.45, 2.75) is 97.7 Å². The first-order valence-corrected chi connectivity index (χ1v) is 11.4. The third-order valence-electron chi connectivity index (χ3n) is 8.57. The van der Waals surface area contributed by atoms with Gasteiger partial charge < -0.3 is 14.9 Å². The van der Waals surface area contributed by atoms with E-state index in [2.05, 4.69) is 19.9 Å². The van der Waals surface area contributed by atoms with Crippen molar-refractivity contribution >= 4 is 11.9 Å². The summed E-state index contributed by atoms with van der Waals surface area (Å²) in [7, 11) is 0. The number of hydrogen-bond donors (Lipinski definition) is 2. The second-order valence-electron chi connectivity index (χ2n) is 10.7. The monoisotopic (exact) mass is 418 g/mol. The van der Waals surface area contributed by atoms with E-state index in [9.17, 15) is 19.8 Å². The molecule has 0 amide bonds. The predicted octanol–water partition coefficient (Wildman–Crippen LogP) is 5.03. The first-order valence-electron chi connectivity index (χ1n) is 11.4. The van der Waals surface area contributed by atoms with Crippen molar-refractivity contribution in [3.63, 3.8) is 0 Å². The number of carboxylic acid groups (broad SMARTS) is 1. The Morgan fingerprint density at radius 3 is 2.57 bits per heavy atom. The van der Waals surface area contributed by atoms with Crippen molar-refractivity contribution in [1.82, 2.24) is 0 Å². The van der Waals surface area contributed by atoms with Gasteiger partial charge in [0, 0.05) is 12.5 Å². The molecule has 0 spiro atoms. The summed E-state index contributed by atoms with van der Waals surface area (Å²) in [5.74, 6) is -0.794. The quantitative estimate of drug-likeness (QED) is 0.467. The molecule has 168 valence electrons. The fraction of sp³-hybridized carbons (Fsp3) is 0.760. The lowest BCUT2D eigenvalue weighted by molar-refractivity contribution is -0.190. The first-order chi connectivity index (χ1) is 13.9. The number of carbonyl (C=O) groups excluding carboxylic acids is 1. The van der Waals surface area contributed by atoms with Crippen LogP contribution < -0.4 is 0 Å². The molecule has 1 unspecified atom stereocenters. The summed E-state index contributed by atoms with van der Waals surface area (Å²) in [6.45, 7) is 10.1. The lowest BCUT2D eigenvalue weighted by Crippen LogP contribution is -2.59. The van der Waals surface area contributed by atoms with Gasteiger partial charge in [0.15, 0.2) is 0 Å². The summed E-state index contributed by atoms with van der Waals surface area (Å²) in [6, 6.07) is 0. The van der Waals surface area contributed by atoms with E-state index in [0.717, 1.165) is 44.1 Å². The number of allylic oxidation sites excluding steroid dienone is 1. The van der Waals surface area contributed by atoms with Crippen LogP contribution in [0.2, 0.25) is 0 Å². The molecule has 1 aliphatic heterocycles. The summed E-state index contributed by atoms with van der Waals surface area (Å²) < 4.78 is 5.31. The second-order valence-corrected chi connectivity index (χ2v) is 10.7. The molecule has 2 fully saturated rings. The number of cyclic esters (lactones) is 1. The first kappa shape index (κ1) is 23.1. The highest BCUT2D eigenvalue weighted by atomic mass is 16.5. The SMILES string of the molecule is CC1=CC(=O)O[C@@H]1C/C=C(\C)CC[C@@H]1[C@@]2(C)CCC[C@@](C)(C(=O)O)C2CC[C@@]1(C)O. The molecule has 0 aromatic carbocycles. The van der Waals surface area contributed by atoms with E-state index in [-0.39, 0.29) is 29.3 Å². The Labute approximate surface area is 180 Å². The summed E-state index contributed by atoms with van der Waals surface area (Å²) in [4.78, 5) is 23.5. The number of rotatable bonds is 6. The minimum atomic E-state index is -0.775. The minimum Gasteiger partial charge on any atom is -0.481 e. The van der Waals surface area contributed by atoms with Crippen LogP contribution in [0.5, 0.6) is 0 Å². The van der Waals surface area contributed by atoms with Gasteiger partial charge in [-0.1, -0.05) is 25.0 Å². The Hall–Kier alpha value is -1.62. The minimum absolute atomic E-state index is 0.0667. The fourth-order valence-electron chi connectivity index (χ4n) is 6.76. The van der Waals surface area contributed by atoms with Crippen LogP contribution in [-0.4, -0.2) is 33.9 Å². The van der Waals surface area contributed by atoms with Crippen molar-refractivity contribution in [1.29, 1.82) is 0 Å². The lowest BCUT2D eigenvalue weighted by Gasteiger charge is -2.60. The van der Waals surface area contributed by atoms with E-state index in [1.807, 2.05) is 20.8 Å². The average Bonchev–Trinajstić information content (AvgIpc) is 2.95. The van der Waals surface area contributed by atoms with Crippen molar-refractivity contribution in [2.24, 2.45) is 22.7 Å². The molecule has 0 radical (unpaired) electrons. The van der Waals surface area contributed by atoms with Crippen molar-refractivity contribution < 1.29 is 24.5 Å². The van der Waals surface area contributed by atoms with Gasteiger partial charge in [-0.2, -0.15) is 0 Å². The zero-order chi connectivity index (χ0) is 22.3. The van der Waals surface area contributed by atoms with Gasteiger partial charge in [-0.25, -0.2) is 4.79 Å². The topological polar surface area (TPSA) is 83.8 Å². The van der Waals surface area contributed by atoms with E-state index >= 15 is 0 Å². The summed E-state index contributed by atoms with van der Waals surface area (Å²) in [5, 5.41) is 21.3. The zero-order valence-corrected chi connectivity index (χ0v) is 19.2. The van der Waals surface area contributed by atoms with Crippen molar-refractivity contribution in [3.8, 4) is 0 Å². The molecule has 0 aromatic heterocycles. The molecule has 1 heterocycles. The van der Waals surface area contributed by atoms with E-state index in [0.29, 0.717) is 12.8 Å². The number of aliphatic hydroxyl groups is 1. The molecule has 3 rings (SSSR count). The maximum Gasteiger partial charge on any atom is 0.331 e. The van der Waals surface area contributed by atoms with Gasteiger partial charge in [0.1, 0.15) is 6.10 Å². The maximum absolute atomic E-state index is 12.2. The van der Waals surface area contributed by atoms with Gasteiger partial charge in [0.2, 0.25) is 0 Å². The number of ether oxygens (including phenoxy) is 1. The van der Waals surface area contributed by atoms with Gasteiger partial charge in [-0.15, -0.1) is 0 Å². The van der Waals surface area contributed by atoms with Crippen LogP contribution in [-0.2, 0) is 14.3 Å². The summed E-state index contributed by atoms with van der Waals surface area (Å²) in [6.07, 6.45) is 9.94. The average molecular weight is 419 g/mol. The van der Waals surface area contributed by atoms with Crippen LogP contribution >= 0.6 is 0 Å². The Bertz CT molecular complexity index is 764. The Morgan fingerprint density at radius 2 is 1.97 bits per heavy atom. The molecule has 30 heavy (non-hydrogen) atoms. The van der Waals surface area contributed by atoms with E-state index < -0.39 is 17.0 Å². The molecular formula is C25H38O5. The number of fused-ring (bicyclic) bond motifs is 1. The smallest absolute Gasteiger partial charge is 0.331 e. The normalized spacial score (nSPS) is 41.8. The highest BCUT2D eigenvalue weighted by Crippen LogP contribution is 2.63. The van der Waals surface area contributed by atoms with Gasteiger partial charge in [-0.05, 0) is 89.0 Å². The number of carbonyl (C=O) groups is 2. The van der Waals surface area contributed by atoms with Gasteiger partial charge in [0.25, 0.3) is 0 Å². The zero-order valence-electron chi connectivity index (χ0n) is 19.2. The second kappa shape index (κ2) is 8.14. The molecule has 2 N–H and O–H groups in total. The standard InChI is InChI=1S/C25H38O5/c1-16(7-9-18-17(2)15-21(26)30-18)8-10-20-23(3)12-6-13-24(4,22(27)28)19(23)11-14-25(20,5)29/h7,15,18-20,29H,6,8-14H2,1-5H3,(H,27,28)/b16-7+/t18-,19?,20-,23+,24-,25-/m1/s1. The van der Waals surface area contributed by atoms with Crippen molar-refractivity contribution in [2.75, 3.05) is 0 Å². The molecule has 0 saturated heterocycles. The van der Waals surface area contributed by atoms with Crippen LogP contribution in [0.3, 0.4) is 0 Å². The largest absolute Gasteiger partial charge is 0.481 e. The number of esters is 1. The number of carboxylic acids is 1. The predicted molar refractivity (Wildman–Crippen MR) is 116 cm³/mol. The third kappa shape index (κ3) is 4.10. The molecule has 2 aliphatic carbocycles. The van der Waals surface area contributed by atoms with E-state index in [1.165, 1.54) is 5.57 Å². The highest BCUT2D eigenvalue weighted by molar-refractivity contribution is 5.85. The highest BCUT2D eigenvalue weighted by Gasteiger charge is 2.61. The molecule has 2 saturated carbocycles. The molecule has 5 nitrogen and oxygen atoms in total. The summed E-state index contributed by atoms with van der Waals surface area (Å²) in [5.41, 5.74) is 0.535. The van der Waals surface area contributed by atoms with Crippen LogP contribution in [0, 0.1) is 22.7 Å². The Morgan fingerprint density at radius 1 is 1.27 bits per heavy atom. The van der Waals surface area contributed by atoms with Crippen LogP contribution in [0.25, 0.3) is 0 Å². The molecule has 0 aromatic rings. The fourth-order valence-corrected chi connectivity index (χ4v) is 6.76. The van der Waals surface area contributed by atoms with Crippen LogP contribution in [0.4, 0.5) is 0 Å². The van der Waals surface area contributed by atoms with E-state index in [4.69, 9.17) is 4.74 Å². The molecule has 6 atom stereocenters. The number of aliphatic carboxylic acids is 1. The molecule has 3 aliphatic rings. The van der Waals surface area contributed by atoms with E-state index in [1.54, 1.807) is 6.08 Å². The summed E-state index contributed by atoms with van der Waals surface area (Å²) >= 11 is 0. The maximum atomic E-state index is 12.2. The Balaban J connectivity index is 1.73. The number of hydrogen-bond acceptors (Lipinski definition) is 4. The van der Waals surface area contributed by atoms with Crippen LogP contribution in [0.1, 0.15) is 86.0 Å².